The second-order valence-corrected chi connectivity index (χ2v) is 7.62. The van der Waals surface area contributed by atoms with E-state index in [1.165, 1.54) is 23.6 Å². The first-order valence-electron chi connectivity index (χ1n) is 10.5. The second-order valence-electron chi connectivity index (χ2n) is 7.62. The molecule has 0 radical (unpaired) electrons. The van der Waals surface area contributed by atoms with E-state index >= 15 is 0 Å². The highest BCUT2D eigenvalue weighted by Gasteiger charge is 2.30. The van der Waals surface area contributed by atoms with Crippen LogP contribution in [0, 0.1) is 0 Å². The van der Waals surface area contributed by atoms with Crippen LogP contribution in [0.25, 0.3) is 0 Å². The van der Waals surface area contributed by atoms with Gasteiger partial charge in [-0.3, -0.25) is 14.5 Å². The Kier molecular flexibility index (Phi) is 7.83. The van der Waals surface area contributed by atoms with E-state index in [2.05, 4.69) is 39.6 Å². The molecule has 8 nitrogen and oxygen atoms in total. The molecule has 0 spiro atoms. The lowest BCUT2D eigenvalue weighted by molar-refractivity contribution is -0.117. The molecule has 0 fully saturated rings. The van der Waals surface area contributed by atoms with Gasteiger partial charge in [0.15, 0.2) is 17.3 Å². The summed E-state index contributed by atoms with van der Waals surface area (Å²) in [5.41, 5.74) is 3.10. The van der Waals surface area contributed by atoms with E-state index in [4.69, 9.17) is 14.7 Å². The van der Waals surface area contributed by atoms with Gasteiger partial charge in [0.25, 0.3) is 5.91 Å². The van der Waals surface area contributed by atoms with Crippen molar-refractivity contribution in [1.29, 1.82) is 0 Å². The van der Waals surface area contributed by atoms with Crippen LogP contribution >= 0.6 is 0 Å². The van der Waals surface area contributed by atoms with Crippen molar-refractivity contribution in [1.82, 2.24) is 10.2 Å². The van der Waals surface area contributed by atoms with Crippen LogP contribution in [-0.4, -0.2) is 61.4 Å². The van der Waals surface area contributed by atoms with Gasteiger partial charge in [0.2, 0.25) is 5.71 Å². The molecule has 1 unspecified atom stereocenters. The first-order chi connectivity index (χ1) is 15.5. The number of nitrogens with zero attached hydrogens (tertiary/aromatic N) is 2. The molecular weight excluding hydrogens is 410 g/mol. The van der Waals surface area contributed by atoms with Crippen molar-refractivity contribution in [2.24, 2.45) is 5.16 Å². The SMILES string of the molecule is COc1cc2c(cc1OC)C(c1ccccc1)N(CCCNC(=O)/C(=N/O)C(C)=O)CC2. The van der Waals surface area contributed by atoms with Crippen molar-refractivity contribution in [3.8, 4) is 11.5 Å². The third kappa shape index (κ3) is 5.08. The maximum Gasteiger partial charge on any atom is 0.277 e. The molecule has 2 aromatic carbocycles. The zero-order chi connectivity index (χ0) is 23.1. The number of fused-ring (bicyclic) bond motifs is 1. The molecule has 0 saturated heterocycles. The average Bonchev–Trinajstić information content (AvgIpc) is 2.81. The maximum atomic E-state index is 12.0. The minimum Gasteiger partial charge on any atom is -0.493 e. The number of carbonyl (C=O) groups is 2. The van der Waals surface area contributed by atoms with Crippen LogP contribution in [0.1, 0.15) is 36.1 Å². The Morgan fingerprint density at radius 1 is 1.16 bits per heavy atom. The second kappa shape index (κ2) is 10.8. The summed E-state index contributed by atoms with van der Waals surface area (Å²) in [6.45, 7) is 3.14. The number of benzene rings is 2. The lowest BCUT2D eigenvalue weighted by atomic mass is 9.87. The van der Waals surface area contributed by atoms with E-state index in [1.54, 1.807) is 14.2 Å². The Morgan fingerprint density at radius 2 is 1.84 bits per heavy atom. The van der Waals surface area contributed by atoms with E-state index in [0.717, 1.165) is 25.3 Å². The largest absolute Gasteiger partial charge is 0.493 e. The van der Waals surface area contributed by atoms with Gasteiger partial charge in [0.1, 0.15) is 0 Å². The first-order valence-corrected chi connectivity index (χ1v) is 10.5. The van der Waals surface area contributed by atoms with Crippen molar-refractivity contribution in [3.05, 3.63) is 59.2 Å². The fraction of sp³-hybridized carbons (Fsp3) is 0.375. The standard InChI is InChI=1S/C24H29N3O5/c1-16(28)22(26-30)24(29)25-11-7-12-27-13-10-18-14-20(31-2)21(32-3)15-19(18)23(27)17-8-5-4-6-9-17/h4-6,8-9,14-15,23,30H,7,10-13H2,1-3H3,(H,25,29)/b26-22+. The van der Waals surface area contributed by atoms with Gasteiger partial charge in [0, 0.05) is 26.6 Å². The highest BCUT2D eigenvalue weighted by atomic mass is 16.5. The monoisotopic (exact) mass is 439 g/mol. The molecule has 0 saturated carbocycles. The number of Topliss-reactive ketones (excluding diaryl/α,β-unsaturated/α-hetero) is 1. The van der Waals surface area contributed by atoms with Gasteiger partial charge in [-0.15, -0.1) is 0 Å². The van der Waals surface area contributed by atoms with Crippen molar-refractivity contribution in [2.75, 3.05) is 33.9 Å². The molecule has 2 N–H and O–H groups in total. The lowest BCUT2D eigenvalue weighted by Crippen LogP contribution is -2.39. The molecule has 1 amide bonds. The Labute approximate surface area is 187 Å². The molecule has 2 aromatic rings. The summed E-state index contributed by atoms with van der Waals surface area (Å²) in [5, 5.41) is 14.3. The number of hydrogen-bond acceptors (Lipinski definition) is 7. The maximum absolute atomic E-state index is 12.0. The fourth-order valence-corrected chi connectivity index (χ4v) is 4.11. The van der Waals surface area contributed by atoms with Crippen LogP contribution in [0.15, 0.2) is 47.6 Å². The van der Waals surface area contributed by atoms with Gasteiger partial charge < -0.3 is 20.0 Å². The van der Waals surface area contributed by atoms with Crippen molar-refractivity contribution < 1.29 is 24.3 Å². The Morgan fingerprint density at radius 3 is 2.47 bits per heavy atom. The summed E-state index contributed by atoms with van der Waals surface area (Å²) < 4.78 is 11.0. The zero-order valence-electron chi connectivity index (χ0n) is 18.6. The van der Waals surface area contributed by atoms with Crippen LogP contribution in [0.5, 0.6) is 11.5 Å². The van der Waals surface area contributed by atoms with Crippen LogP contribution in [-0.2, 0) is 16.0 Å². The molecule has 8 heteroatoms. The Balaban J connectivity index is 1.78. The van der Waals surface area contributed by atoms with Crippen molar-refractivity contribution in [3.63, 3.8) is 0 Å². The predicted octanol–water partition coefficient (Wildman–Crippen LogP) is 2.58. The first kappa shape index (κ1) is 23.3. The molecular formula is C24H29N3O5. The molecule has 0 aliphatic carbocycles. The van der Waals surface area contributed by atoms with E-state index in [9.17, 15) is 9.59 Å². The van der Waals surface area contributed by atoms with E-state index < -0.39 is 17.4 Å². The summed E-state index contributed by atoms with van der Waals surface area (Å²) in [5.74, 6) is 0.175. The third-order valence-corrected chi connectivity index (χ3v) is 5.65. The van der Waals surface area contributed by atoms with Gasteiger partial charge in [0.05, 0.1) is 20.3 Å². The molecule has 0 aromatic heterocycles. The van der Waals surface area contributed by atoms with E-state index in [1.807, 2.05) is 18.2 Å². The smallest absolute Gasteiger partial charge is 0.277 e. The number of amides is 1. The predicted molar refractivity (Wildman–Crippen MR) is 121 cm³/mol. The molecule has 1 atom stereocenters. The topological polar surface area (TPSA) is 100 Å². The summed E-state index contributed by atoms with van der Waals surface area (Å²) in [6, 6.07) is 14.4. The normalized spacial score (nSPS) is 16.2. The minimum absolute atomic E-state index is 0.0437. The molecule has 32 heavy (non-hydrogen) atoms. The number of rotatable bonds is 9. The van der Waals surface area contributed by atoms with Crippen LogP contribution in [0.3, 0.4) is 0 Å². The average molecular weight is 440 g/mol. The van der Waals surface area contributed by atoms with Crippen molar-refractivity contribution in [2.45, 2.75) is 25.8 Å². The zero-order valence-corrected chi connectivity index (χ0v) is 18.6. The summed E-state index contributed by atoms with van der Waals surface area (Å²) in [6.07, 6.45) is 1.55. The highest BCUT2D eigenvalue weighted by molar-refractivity contribution is 6.65. The van der Waals surface area contributed by atoms with Crippen molar-refractivity contribution >= 4 is 17.4 Å². The van der Waals surface area contributed by atoms with E-state index in [-0.39, 0.29) is 6.04 Å². The number of nitrogens with one attached hydrogen (secondary N) is 1. The summed E-state index contributed by atoms with van der Waals surface area (Å²) in [7, 11) is 3.28. The Bertz CT molecular complexity index is 991. The Hall–Kier alpha value is -3.39. The molecule has 1 aliphatic heterocycles. The van der Waals surface area contributed by atoms with Gasteiger partial charge in [-0.05, 0) is 41.7 Å². The summed E-state index contributed by atoms with van der Waals surface area (Å²) >= 11 is 0. The highest BCUT2D eigenvalue weighted by Crippen LogP contribution is 2.40. The number of carbonyl (C=O) groups excluding carboxylic acids is 2. The van der Waals surface area contributed by atoms with E-state index in [0.29, 0.717) is 18.7 Å². The van der Waals surface area contributed by atoms with Crippen LogP contribution in [0.4, 0.5) is 0 Å². The molecule has 1 aliphatic rings. The van der Waals surface area contributed by atoms with Gasteiger partial charge >= 0.3 is 0 Å². The molecule has 0 bridgehead atoms. The van der Waals surface area contributed by atoms with Crippen LogP contribution in [0.2, 0.25) is 0 Å². The molecule has 1 heterocycles. The number of ketones is 1. The summed E-state index contributed by atoms with van der Waals surface area (Å²) in [4.78, 5) is 25.7. The lowest BCUT2D eigenvalue weighted by Gasteiger charge is -2.38. The van der Waals surface area contributed by atoms with Crippen LogP contribution < -0.4 is 14.8 Å². The number of ether oxygens (including phenoxy) is 2. The minimum atomic E-state index is -0.666. The number of oxime groups is 1. The van der Waals surface area contributed by atoms with Gasteiger partial charge in [-0.2, -0.15) is 0 Å². The number of hydrogen-bond donors (Lipinski definition) is 2. The third-order valence-electron chi connectivity index (χ3n) is 5.65. The number of methoxy groups -OCH3 is 2. The molecule has 3 rings (SSSR count). The quantitative estimate of drug-likeness (QED) is 0.205. The fourth-order valence-electron chi connectivity index (χ4n) is 4.11. The molecule has 170 valence electrons. The van der Waals surface area contributed by atoms with Gasteiger partial charge in [-0.25, -0.2) is 0 Å². The van der Waals surface area contributed by atoms with Gasteiger partial charge in [-0.1, -0.05) is 35.5 Å².